The van der Waals surface area contributed by atoms with Crippen LogP contribution in [0.3, 0.4) is 0 Å². The normalized spacial score (nSPS) is 10.4. The lowest BCUT2D eigenvalue weighted by molar-refractivity contribution is 0.0993. The van der Waals surface area contributed by atoms with Gasteiger partial charge in [-0.3, -0.25) is 4.79 Å². The first-order valence-corrected chi connectivity index (χ1v) is 7.27. The highest BCUT2D eigenvalue weighted by atomic mass is 79.9. The number of hydrogen-bond acceptors (Lipinski definition) is 3. The quantitative estimate of drug-likeness (QED) is 0.792. The second-order valence-corrected chi connectivity index (χ2v) is 6.09. The highest BCUT2D eigenvalue weighted by molar-refractivity contribution is 9.10. The average Bonchev–Trinajstić information content (AvgIpc) is 2.75. The van der Waals surface area contributed by atoms with E-state index in [4.69, 9.17) is 0 Å². The lowest BCUT2D eigenvalue weighted by Gasteiger charge is -2.13. The van der Waals surface area contributed by atoms with Crippen molar-refractivity contribution in [2.45, 2.75) is 6.42 Å². The van der Waals surface area contributed by atoms with Crippen LogP contribution < -0.4 is 4.90 Å². The average molecular weight is 324 g/mol. The van der Waals surface area contributed by atoms with Crippen molar-refractivity contribution >= 4 is 38.7 Å². The van der Waals surface area contributed by atoms with Crippen LogP contribution in [0, 0.1) is 0 Å². The summed E-state index contributed by atoms with van der Waals surface area (Å²) in [5.41, 5.74) is 1.81. The number of ketones is 1. The van der Waals surface area contributed by atoms with Crippen molar-refractivity contribution in [1.29, 1.82) is 0 Å². The van der Waals surface area contributed by atoms with Crippen LogP contribution in [0.1, 0.15) is 15.2 Å². The molecule has 0 aliphatic carbocycles. The van der Waals surface area contributed by atoms with Crippen LogP contribution >= 0.6 is 27.3 Å². The summed E-state index contributed by atoms with van der Waals surface area (Å²) in [7, 11) is 3.94. The molecule has 1 aromatic heterocycles. The van der Waals surface area contributed by atoms with Gasteiger partial charge in [-0.05, 0) is 39.5 Å². The number of anilines is 1. The van der Waals surface area contributed by atoms with Gasteiger partial charge < -0.3 is 4.90 Å². The third-order valence-corrected chi connectivity index (χ3v) is 4.62. The number of carbonyl (C=O) groups is 1. The van der Waals surface area contributed by atoms with Crippen LogP contribution in [0.25, 0.3) is 0 Å². The van der Waals surface area contributed by atoms with Crippen molar-refractivity contribution in [1.82, 2.24) is 0 Å². The Morgan fingerprint density at radius 3 is 2.72 bits per heavy atom. The predicted molar refractivity (Wildman–Crippen MR) is 80.8 cm³/mol. The minimum atomic E-state index is 0.154. The minimum absolute atomic E-state index is 0.154. The first kappa shape index (κ1) is 13.3. The number of rotatable bonds is 4. The van der Waals surface area contributed by atoms with E-state index >= 15 is 0 Å². The first-order chi connectivity index (χ1) is 8.58. The molecule has 1 aromatic carbocycles. The van der Waals surface area contributed by atoms with Gasteiger partial charge in [0.15, 0.2) is 5.78 Å². The molecular formula is C14H14BrNOS. The molecule has 0 spiro atoms. The molecule has 0 unspecified atom stereocenters. The summed E-state index contributed by atoms with van der Waals surface area (Å²) in [5.74, 6) is 0.154. The van der Waals surface area contributed by atoms with Gasteiger partial charge >= 0.3 is 0 Å². The van der Waals surface area contributed by atoms with E-state index in [9.17, 15) is 4.79 Å². The zero-order valence-electron chi connectivity index (χ0n) is 10.3. The minimum Gasteiger partial charge on any atom is -0.378 e. The molecule has 0 aliphatic heterocycles. The van der Waals surface area contributed by atoms with Gasteiger partial charge in [-0.15, -0.1) is 11.3 Å². The largest absolute Gasteiger partial charge is 0.378 e. The Balaban J connectivity index is 2.19. The van der Waals surface area contributed by atoms with Crippen LogP contribution in [0.5, 0.6) is 0 Å². The molecule has 0 amide bonds. The van der Waals surface area contributed by atoms with Gasteiger partial charge in [0.1, 0.15) is 0 Å². The molecule has 0 aliphatic rings. The maximum absolute atomic E-state index is 12.2. The van der Waals surface area contributed by atoms with Crippen LogP contribution in [0.4, 0.5) is 5.69 Å². The van der Waals surface area contributed by atoms with E-state index in [1.54, 1.807) is 11.3 Å². The number of Topliss-reactive ketones (excluding diaryl/α,β-unsaturated/α-hetero) is 1. The summed E-state index contributed by atoms with van der Waals surface area (Å²) >= 11 is 5.06. The van der Waals surface area contributed by atoms with Crippen molar-refractivity contribution in [2.75, 3.05) is 19.0 Å². The number of carbonyl (C=O) groups excluding carboxylic acids is 1. The summed E-state index contributed by atoms with van der Waals surface area (Å²) in [6.45, 7) is 0. The number of nitrogens with zero attached hydrogens (tertiary/aromatic N) is 1. The molecule has 18 heavy (non-hydrogen) atoms. The topological polar surface area (TPSA) is 20.3 Å². The highest BCUT2D eigenvalue weighted by Gasteiger charge is 2.11. The molecule has 0 saturated carbocycles. The Hall–Kier alpha value is -1.13. The van der Waals surface area contributed by atoms with Gasteiger partial charge in [-0.1, -0.05) is 12.1 Å². The molecule has 2 rings (SSSR count). The van der Waals surface area contributed by atoms with E-state index in [0.717, 1.165) is 20.6 Å². The van der Waals surface area contributed by atoms with E-state index in [0.29, 0.717) is 6.42 Å². The van der Waals surface area contributed by atoms with Crippen LogP contribution in [0.15, 0.2) is 40.2 Å². The van der Waals surface area contributed by atoms with Crippen molar-refractivity contribution < 1.29 is 4.79 Å². The van der Waals surface area contributed by atoms with Gasteiger partial charge in [0.05, 0.1) is 0 Å². The number of halogens is 1. The van der Waals surface area contributed by atoms with Crippen molar-refractivity contribution in [3.8, 4) is 0 Å². The summed E-state index contributed by atoms with van der Waals surface area (Å²) < 4.78 is 1.02. The summed E-state index contributed by atoms with van der Waals surface area (Å²) in [4.78, 5) is 15.3. The van der Waals surface area contributed by atoms with E-state index in [1.165, 1.54) is 0 Å². The molecule has 0 saturated heterocycles. The summed E-state index contributed by atoms with van der Waals surface area (Å²) in [6, 6.07) is 9.70. The maximum atomic E-state index is 12.2. The third-order valence-electron chi connectivity index (χ3n) is 2.70. The molecule has 0 bridgehead atoms. The highest BCUT2D eigenvalue weighted by Crippen LogP contribution is 2.24. The van der Waals surface area contributed by atoms with E-state index < -0.39 is 0 Å². The van der Waals surface area contributed by atoms with Crippen molar-refractivity contribution in [3.05, 3.63) is 50.6 Å². The number of hydrogen-bond donors (Lipinski definition) is 0. The molecule has 0 atom stereocenters. The van der Waals surface area contributed by atoms with Gasteiger partial charge in [0.25, 0.3) is 0 Å². The van der Waals surface area contributed by atoms with Crippen LogP contribution in [-0.2, 0) is 6.42 Å². The molecule has 0 radical (unpaired) electrons. The maximum Gasteiger partial charge on any atom is 0.168 e. The SMILES string of the molecule is CN(C)c1cccc(C(=O)Cc2sccc2Br)c1. The molecule has 0 fully saturated rings. The lowest BCUT2D eigenvalue weighted by atomic mass is 10.1. The molecule has 2 aromatic rings. The third kappa shape index (κ3) is 3.00. The molecular weight excluding hydrogens is 310 g/mol. The van der Waals surface area contributed by atoms with Gasteiger partial charge in [0.2, 0.25) is 0 Å². The predicted octanol–water partition coefficient (Wildman–Crippen LogP) is 4.00. The van der Waals surface area contributed by atoms with E-state index in [2.05, 4.69) is 15.9 Å². The first-order valence-electron chi connectivity index (χ1n) is 5.60. The summed E-state index contributed by atoms with van der Waals surface area (Å²) in [5, 5.41) is 1.99. The smallest absolute Gasteiger partial charge is 0.168 e. The van der Waals surface area contributed by atoms with Gasteiger partial charge in [-0.2, -0.15) is 0 Å². The zero-order valence-corrected chi connectivity index (χ0v) is 12.7. The molecule has 4 heteroatoms. The second kappa shape index (κ2) is 5.67. The fourth-order valence-corrected chi connectivity index (χ4v) is 3.15. The Kier molecular flexibility index (Phi) is 4.19. The van der Waals surface area contributed by atoms with Crippen molar-refractivity contribution in [2.24, 2.45) is 0 Å². The fraction of sp³-hybridized carbons (Fsp3) is 0.214. The van der Waals surface area contributed by atoms with E-state index in [1.807, 2.05) is 54.7 Å². The lowest BCUT2D eigenvalue weighted by Crippen LogP contribution is -2.10. The Labute approximate surface area is 119 Å². The standard InChI is InChI=1S/C14H14BrNOS/c1-16(2)11-5-3-4-10(8-11)13(17)9-14-12(15)6-7-18-14/h3-8H,9H2,1-2H3. The molecule has 1 heterocycles. The van der Waals surface area contributed by atoms with Crippen LogP contribution in [0.2, 0.25) is 0 Å². The van der Waals surface area contributed by atoms with Crippen LogP contribution in [-0.4, -0.2) is 19.9 Å². The molecule has 0 N–H and O–H groups in total. The number of benzene rings is 1. The van der Waals surface area contributed by atoms with Gasteiger partial charge in [-0.25, -0.2) is 0 Å². The Morgan fingerprint density at radius 2 is 2.11 bits per heavy atom. The van der Waals surface area contributed by atoms with Crippen molar-refractivity contribution in [3.63, 3.8) is 0 Å². The monoisotopic (exact) mass is 323 g/mol. The fourth-order valence-electron chi connectivity index (χ4n) is 1.66. The second-order valence-electron chi connectivity index (χ2n) is 4.24. The summed E-state index contributed by atoms with van der Waals surface area (Å²) in [6.07, 6.45) is 0.454. The molecule has 2 nitrogen and oxygen atoms in total. The van der Waals surface area contributed by atoms with Gasteiger partial charge in [0, 0.05) is 41.1 Å². The number of thiophene rings is 1. The zero-order chi connectivity index (χ0) is 13.1. The van der Waals surface area contributed by atoms with E-state index in [-0.39, 0.29) is 5.78 Å². The molecule has 94 valence electrons. The Bertz CT molecular complexity index is 562. The Morgan fingerprint density at radius 1 is 1.33 bits per heavy atom.